The van der Waals surface area contributed by atoms with E-state index in [2.05, 4.69) is 4.98 Å². The van der Waals surface area contributed by atoms with E-state index in [0.717, 1.165) is 4.57 Å². The monoisotopic (exact) mass is 331 g/mol. The van der Waals surface area contributed by atoms with Gasteiger partial charge in [-0.05, 0) is 25.0 Å². The first-order valence-electron chi connectivity index (χ1n) is 7.73. The second-order valence-corrected chi connectivity index (χ2v) is 5.77. The molecule has 1 fully saturated rings. The van der Waals surface area contributed by atoms with E-state index < -0.39 is 23.3 Å². The van der Waals surface area contributed by atoms with Gasteiger partial charge in [0.15, 0.2) is 0 Å². The molecule has 8 heteroatoms. The number of benzene rings is 1. The summed E-state index contributed by atoms with van der Waals surface area (Å²) in [6, 6.07) is 5.83. The number of nitrogens with zero attached hydrogens (tertiary/aromatic N) is 2. The molecular weight excluding hydrogens is 314 g/mol. The SMILES string of the molecule is O=C(O)[C@@H]1CCCN1C(=O)CCn1c(=O)[nH]c2ccccc2c1=O. The highest BCUT2D eigenvalue weighted by Crippen LogP contribution is 2.18. The number of aromatic nitrogens is 2. The fraction of sp³-hybridized carbons (Fsp3) is 0.375. The molecule has 1 aliphatic heterocycles. The number of H-pyrrole nitrogens is 1. The lowest BCUT2D eigenvalue weighted by molar-refractivity contribution is -0.148. The molecule has 0 radical (unpaired) electrons. The van der Waals surface area contributed by atoms with Gasteiger partial charge in [-0.25, -0.2) is 9.59 Å². The van der Waals surface area contributed by atoms with Gasteiger partial charge in [0.25, 0.3) is 5.56 Å². The van der Waals surface area contributed by atoms with Crippen LogP contribution in [0.4, 0.5) is 0 Å². The van der Waals surface area contributed by atoms with Gasteiger partial charge in [-0.1, -0.05) is 12.1 Å². The van der Waals surface area contributed by atoms with Gasteiger partial charge in [0.2, 0.25) is 5.91 Å². The average molecular weight is 331 g/mol. The molecule has 0 saturated carbocycles. The Morgan fingerprint density at radius 2 is 2.00 bits per heavy atom. The average Bonchev–Trinajstić information content (AvgIpc) is 3.04. The van der Waals surface area contributed by atoms with E-state index in [1.54, 1.807) is 24.3 Å². The van der Waals surface area contributed by atoms with Crippen molar-refractivity contribution in [1.82, 2.24) is 14.5 Å². The molecule has 1 aliphatic rings. The number of carboxylic acids is 1. The summed E-state index contributed by atoms with van der Waals surface area (Å²) >= 11 is 0. The van der Waals surface area contributed by atoms with Crippen molar-refractivity contribution >= 4 is 22.8 Å². The minimum absolute atomic E-state index is 0.0827. The zero-order valence-electron chi connectivity index (χ0n) is 12.9. The minimum atomic E-state index is -1.03. The van der Waals surface area contributed by atoms with Crippen molar-refractivity contribution in [3.05, 3.63) is 45.1 Å². The van der Waals surface area contributed by atoms with Crippen LogP contribution in [0.3, 0.4) is 0 Å². The normalized spacial score (nSPS) is 17.3. The Hall–Kier alpha value is -2.90. The maximum absolute atomic E-state index is 12.4. The van der Waals surface area contributed by atoms with Crippen molar-refractivity contribution in [3.8, 4) is 0 Å². The van der Waals surface area contributed by atoms with Crippen LogP contribution in [0, 0.1) is 0 Å². The molecule has 0 aliphatic carbocycles. The maximum Gasteiger partial charge on any atom is 0.328 e. The molecule has 1 amide bonds. The summed E-state index contributed by atoms with van der Waals surface area (Å²) in [6.45, 7) is 0.305. The van der Waals surface area contributed by atoms with Crippen molar-refractivity contribution in [2.75, 3.05) is 6.54 Å². The zero-order valence-corrected chi connectivity index (χ0v) is 12.9. The van der Waals surface area contributed by atoms with Crippen molar-refractivity contribution < 1.29 is 14.7 Å². The third-order valence-electron chi connectivity index (χ3n) is 4.30. The van der Waals surface area contributed by atoms with Crippen molar-refractivity contribution in [3.63, 3.8) is 0 Å². The molecular formula is C16H17N3O5. The number of rotatable bonds is 4. The van der Waals surface area contributed by atoms with Gasteiger partial charge in [0.1, 0.15) is 6.04 Å². The smallest absolute Gasteiger partial charge is 0.328 e. The summed E-state index contributed by atoms with van der Waals surface area (Å²) in [5.41, 5.74) is -0.596. The van der Waals surface area contributed by atoms with E-state index in [0.29, 0.717) is 30.3 Å². The van der Waals surface area contributed by atoms with E-state index >= 15 is 0 Å². The van der Waals surface area contributed by atoms with Gasteiger partial charge in [0.05, 0.1) is 10.9 Å². The Bertz CT molecular complexity index is 914. The first-order valence-corrected chi connectivity index (χ1v) is 7.73. The molecule has 2 aromatic rings. The quantitative estimate of drug-likeness (QED) is 0.828. The predicted octanol–water partition coefficient (Wildman–Crippen LogP) is 0.155. The first-order chi connectivity index (χ1) is 11.5. The van der Waals surface area contributed by atoms with Crippen LogP contribution in [-0.4, -0.2) is 44.0 Å². The highest BCUT2D eigenvalue weighted by molar-refractivity contribution is 5.84. The van der Waals surface area contributed by atoms with Gasteiger partial charge in [0, 0.05) is 19.5 Å². The lowest BCUT2D eigenvalue weighted by Gasteiger charge is -2.21. The molecule has 0 spiro atoms. The van der Waals surface area contributed by atoms with Crippen LogP contribution in [-0.2, 0) is 16.1 Å². The van der Waals surface area contributed by atoms with Crippen LogP contribution in [0.2, 0.25) is 0 Å². The summed E-state index contributed by atoms with van der Waals surface area (Å²) in [6.07, 6.45) is 0.974. The number of nitrogens with one attached hydrogen (secondary N) is 1. The minimum Gasteiger partial charge on any atom is -0.480 e. The second-order valence-electron chi connectivity index (χ2n) is 5.77. The second kappa shape index (κ2) is 6.31. The molecule has 8 nitrogen and oxygen atoms in total. The number of carbonyl (C=O) groups is 2. The number of fused-ring (bicyclic) bond motifs is 1. The van der Waals surface area contributed by atoms with Crippen LogP contribution in [0.25, 0.3) is 10.9 Å². The van der Waals surface area contributed by atoms with Crippen LogP contribution in [0.1, 0.15) is 19.3 Å². The Morgan fingerprint density at radius 1 is 1.25 bits per heavy atom. The Kier molecular flexibility index (Phi) is 4.20. The van der Waals surface area contributed by atoms with Crippen LogP contribution in [0.15, 0.2) is 33.9 Å². The number of hydrogen-bond donors (Lipinski definition) is 2. The number of para-hydroxylation sites is 1. The molecule has 1 aromatic carbocycles. The van der Waals surface area contributed by atoms with E-state index in [-0.39, 0.29) is 18.9 Å². The van der Waals surface area contributed by atoms with Crippen molar-refractivity contribution in [1.29, 1.82) is 0 Å². The largest absolute Gasteiger partial charge is 0.480 e. The topological polar surface area (TPSA) is 112 Å². The molecule has 3 rings (SSSR count). The van der Waals surface area contributed by atoms with Crippen LogP contribution >= 0.6 is 0 Å². The van der Waals surface area contributed by atoms with Gasteiger partial charge >= 0.3 is 11.7 Å². The third-order valence-corrected chi connectivity index (χ3v) is 4.30. The predicted molar refractivity (Wildman–Crippen MR) is 85.8 cm³/mol. The number of aliphatic carboxylic acids is 1. The summed E-state index contributed by atoms with van der Waals surface area (Å²) in [5, 5.41) is 9.49. The fourth-order valence-corrected chi connectivity index (χ4v) is 3.08. The number of carbonyl (C=O) groups excluding carboxylic acids is 1. The number of aromatic amines is 1. The summed E-state index contributed by atoms with van der Waals surface area (Å²) < 4.78 is 0.978. The number of hydrogen-bond acceptors (Lipinski definition) is 4. The summed E-state index contributed by atoms with van der Waals surface area (Å²) in [4.78, 5) is 51.7. The lowest BCUT2D eigenvalue weighted by Crippen LogP contribution is -2.42. The van der Waals surface area contributed by atoms with Gasteiger partial charge in [-0.15, -0.1) is 0 Å². The van der Waals surface area contributed by atoms with Crippen LogP contribution < -0.4 is 11.2 Å². The van der Waals surface area contributed by atoms with E-state index in [1.807, 2.05) is 0 Å². The maximum atomic E-state index is 12.4. The molecule has 0 unspecified atom stereocenters. The molecule has 2 heterocycles. The van der Waals surface area contributed by atoms with Gasteiger partial charge < -0.3 is 15.0 Å². The fourth-order valence-electron chi connectivity index (χ4n) is 3.08. The van der Waals surface area contributed by atoms with E-state index in [4.69, 9.17) is 5.11 Å². The highest BCUT2D eigenvalue weighted by atomic mass is 16.4. The number of amides is 1. The molecule has 0 bridgehead atoms. The van der Waals surface area contributed by atoms with Crippen LogP contribution in [0.5, 0.6) is 0 Å². The lowest BCUT2D eigenvalue weighted by atomic mass is 10.2. The Morgan fingerprint density at radius 3 is 2.75 bits per heavy atom. The van der Waals surface area contributed by atoms with Gasteiger partial charge in [-0.2, -0.15) is 0 Å². The highest BCUT2D eigenvalue weighted by Gasteiger charge is 2.33. The molecule has 1 aromatic heterocycles. The van der Waals surface area contributed by atoms with Crippen molar-refractivity contribution in [2.45, 2.75) is 31.8 Å². The molecule has 126 valence electrons. The summed E-state index contributed by atoms with van der Waals surface area (Å²) in [7, 11) is 0. The zero-order chi connectivity index (χ0) is 17.3. The number of carboxylic acid groups (broad SMARTS) is 1. The van der Waals surface area contributed by atoms with Gasteiger partial charge in [-0.3, -0.25) is 14.2 Å². The first kappa shape index (κ1) is 16.0. The molecule has 1 saturated heterocycles. The van der Waals surface area contributed by atoms with E-state index in [1.165, 1.54) is 4.90 Å². The molecule has 1 atom stereocenters. The molecule has 2 N–H and O–H groups in total. The van der Waals surface area contributed by atoms with Crippen molar-refractivity contribution in [2.24, 2.45) is 0 Å². The third kappa shape index (κ3) is 2.82. The Labute approximate surface area is 136 Å². The van der Waals surface area contributed by atoms with E-state index in [9.17, 15) is 19.2 Å². The molecule has 24 heavy (non-hydrogen) atoms. The summed E-state index contributed by atoms with van der Waals surface area (Å²) in [5.74, 6) is -1.39. The standard InChI is InChI=1S/C16H17N3O5/c20-13(18-8-3-6-12(18)15(22)23)7-9-19-14(21)10-4-1-2-5-11(10)17-16(19)24/h1-2,4-5,12H,3,6-9H2,(H,17,24)(H,22,23)/t12-/m0/s1. The number of likely N-dealkylation sites (tertiary alicyclic amines) is 1. The Balaban J connectivity index is 1.81.